The van der Waals surface area contributed by atoms with Gasteiger partial charge in [0.1, 0.15) is 0 Å². The molecule has 148 valence electrons. The molecule has 0 spiro atoms. The van der Waals surface area contributed by atoms with Crippen LogP contribution in [-0.4, -0.2) is 62.6 Å². The summed E-state index contributed by atoms with van der Waals surface area (Å²) in [5.41, 5.74) is 0. The second-order valence-corrected chi connectivity index (χ2v) is 8.88. The zero-order chi connectivity index (χ0) is 19.2. The van der Waals surface area contributed by atoms with Crippen molar-refractivity contribution in [1.29, 1.82) is 0 Å². The molecule has 2 N–H and O–H groups in total. The Balaban J connectivity index is 1.65. The fourth-order valence-electron chi connectivity index (χ4n) is 3.31. The molecule has 1 aliphatic heterocycles. The third kappa shape index (κ3) is 6.56. The molecule has 1 heterocycles. The normalized spacial score (nSPS) is 20.3. The van der Waals surface area contributed by atoms with Gasteiger partial charge in [0, 0.05) is 19.1 Å². The fraction of sp³-hybridized carbons (Fsp3) is 0.812. The summed E-state index contributed by atoms with van der Waals surface area (Å²) in [6.45, 7) is -0.00755. The highest BCUT2D eigenvalue weighted by Crippen LogP contribution is 2.20. The van der Waals surface area contributed by atoms with E-state index in [4.69, 9.17) is 4.74 Å². The minimum absolute atomic E-state index is 0.0825. The Morgan fingerprint density at radius 2 is 1.65 bits per heavy atom. The van der Waals surface area contributed by atoms with Gasteiger partial charge < -0.3 is 10.1 Å². The average molecular weight is 389 g/mol. The van der Waals surface area contributed by atoms with Gasteiger partial charge in [-0.15, -0.1) is 0 Å². The van der Waals surface area contributed by atoms with Crippen LogP contribution in [0, 0.1) is 5.92 Å². The van der Waals surface area contributed by atoms with Crippen LogP contribution in [-0.2, 0) is 24.3 Å². The zero-order valence-electron chi connectivity index (χ0n) is 15.0. The van der Waals surface area contributed by atoms with Crippen LogP contribution >= 0.6 is 0 Å². The van der Waals surface area contributed by atoms with Crippen molar-refractivity contribution in [2.45, 2.75) is 51.0 Å². The van der Waals surface area contributed by atoms with Gasteiger partial charge in [-0.05, 0) is 25.7 Å². The lowest BCUT2D eigenvalue weighted by atomic mass is 9.96. The maximum atomic E-state index is 12.0. The highest BCUT2D eigenvalue weighted by molar-refractivity contribution is 7.88. The molecule has 2 fully saturated rings. The Morgan fingerprint density at radius 1 is 1.04 bits per heavy atom. The summed E-state index contributed by atoms with van der Waals surface area (Å²) in [6.07, 6.45) is 6.95. The number of ether oxygens (including phenoxy) is 1. The maximum absolute atomic E-state index is 12.0. The van der Waals surface area contributed by atoms with Crippen molar-refractivity contribution in [3.63, 3.8) is 0 Å². The molecule has 26 heavy (non-hydrogen) atoms. The third-order valence-electron chi connectivity index (χ3n) is 4.80. The SMILES string of the molecule is CS(=O)(=O)N1CCC(C(=O)OCC(=O)NC(=O)NC2CCCCC2)CC1. The van der Waals surface area contributed by atoms with Gasteiger partial charge in [-0.1, -0.05) is 19.3 Å². The van der Waals surface area contributed by atoms with Crippen molar-refractivity contribution in [3.8, 4) is 0 Å². The molecule has 0 bridgehead atoms. The topological polar surface area (TPSA) is 122 Å². The number of rotatable bonds is 5. The van der Waals surface area contributed by atoms with Crippen LogP contribution < -0.4 is 10.6 Å². The van der Waals surface area contributed by atoms with Crippen molar-refractivity contribution in [3.05, 3.63) is 0 Å². The van der Waals surface area contributed by atoms with E-state index >= 15 is 0 Å². The second-order valence-electron chi connectivity index (χ2n) is 6.90. The summed E-state index contributed by atoms with van der Waals surface area (Å²) < 4.78 is 29.2. The van der Waals surface area contributed by atoms with Crippen LogP contribution in [0.15, 0.2) is 0 Å². The van der Waals surface area contributed by atoms with Gasteiger partial charge in [0.05, 0.1) is 12.2 Å². The molecule has 1 saturated carbocycles. The summed E-state index contributed by atoms with van der Waals surface area (Å²) in [5.74, 6) is -1.65. The van der Waals surface area contributed by atoms with E-state index in [-0.39, 0.29) is 19.1 Å². The first-order valence-corrected chi connectivity index (χ1v) is 10.8. The minimum Gasteiger partial charge on any atom is -0.455 e. The van der Waals surface area contributed by atoms with E-state index in [1.807, 2.05) is 0 Å². The van der Waals surface area contributed by atoms with Gasteiger partial charge in [-0.3, -0.25) is 14.9 Å². The van der Waals surface area contributed by atoms with Crippen LogP contribution in [0.1, 0.15) is 44.9 Å². The van der Waals surface area contributed by atoms with Crippen molar-refractivity contribution in [2.75, 3.05) is 26.0 Å². The van der Waals surface area contributed by atoms with E-state index < -0.39 is 40.5 Å². The molecule has 0 aromatic heterocycles. The van der Waals surface area contributed by atoms with E-state index in [0.29, 0.717) is 12.8 Å². The van der Waals surface area contributed by atoms with Crippen molar-refractivity contribution >= 4 is 27.9 Å². The first-order chi connectivity index (χ1) is 12.3. The Hall–Kier alpha value is -1.68. The van der Waals surface area contributed by atoms with Gasteiger partial charge in [-0.2, -0.15) is 0 Å². The van der Waals surface area contributed by atoms with E-state index in [9.17, 15) is 22.8 Å². The van der Waals surface area contributed by atoms with Crippen molar-refractivity contribution < 1.29 is 27.5 Å². The summed E-state index contributed by atoms with van der Waals surface area (Å²) in [5, 5.41) is 4.90. The lowest BCUT2D eigenvalue weighted by molar-refractivity contribution is -0.153. The molecule has 2 rings (SSSR count). The maximum Gasteiger partial charge on any atom is 0.321 e. The summed E-state index contributed by atoms with van der Waals surface area (Å²) in [6, 6.07) is -0.487. The lowest BCUT2D eigenvalue weighted by Crippen LogP contribution is -2.46. The predicted molar refractivity (Wildman–Crippen MR) is 93.6 cm³/mol. The Kier molecular flexibility index (Phi) is 7.39. The minimum atomic E-state index is -3.25. The number of urea groups is 1. The highest BCUT2D eigenvalue weighted by atomic mass is 32.2. The number of carbonyl (C=O) groups is 3. The Bertz CT molecular complexity index is 622. The number of esters is 1. The lowest BCUT2D eigenvalue weighted by Gasteiger charge is -2.28. The molecular formula is C16H27N3O6S. The van der Waals surface area contributed by atoms with Crippen LogP contribution in [0.25, 0.3) is 0 Å². The third-order valence-corrected chi connectivity index (χ3v) is 6.10. The zero-order valence-corrected chi connectivity index (χ0v) is 15.8. The summed E-state index contributed by atoms with van der Waals surface area (Å²) in [4.78, 5) is 35.5. The first-order valence-electron chi connectivity index (χ1n) is 8.98. The molecule has 3 amide bonds. The number of imide groups is 1. The number of amides is 3. The van der Waals surface area contributed by atoms with Crippen LogP contribution in [0.2, 0.25) is 0 Å². The Morgan fingerprint density at radius 3 is 2.23 bits per heavy atom. The van der Waals surface area contributed by atoms with Crippen LogP contribution in [0.4, 0.5) is 4.79 Å². The van der Waals surface area contributed by atoms with Crippen LogP contribution in [0.3, 0.4) is 0 Å². The Labute approximate surface area is 153 Å². The van der Waals surface area contributed by atoms with Gasteiger partial charge in [0.2, 0.25) is 10.0 Å². The number of carbonyl (C=O) groups excluding carboxylic acids is 3. The van der Waals surface area contributed by atoms with E-state index in [2.05, 4.69) is 10.6 Å². The molecule has 0 atom stereocenters. The van der Waals surface area contributed by atoms with E-state index in [1.54, 1.807) is 0 Å². The second kappa shape index (κ2) is 9.31. The quantitative estimate of drug-likeness (QED) is 0.655. The summed E-state index contributed by atoms with van der Waals surface area (Å²) >= 11 is 0. The van der Waals surface area contributed by atoms with Gasteiger partial charge in [0.15, 0.2) is 6.61 Å². The standard InChI is InChI=1S/C16H27N3O6S/c1-26(23,24)19-9-7-12(8-10-19)15(21)25-11-14(20)18-16(22)17-13-5-3-2-4-6-13/h12-13H,2-11H2,1H3,(H2,17,18,20,22). The molecule has 9 nitrogen and oxygen atoms in total. The first kappa shape index (κ1) is 20.6. The van der Waals surface area contributed by atoms with Gasteiger partial charge >= 0.3 is 12.0 Å². The number of nitrogens with one attached hydrogen (secondary N) is 2. The molecular weight excluding hydrogens is 362 g/mol. The molecule has 1 saturated heterocycles. The van der Waals surface area contributed by atoms with E-state index in [0.717, 1.165) is 38.4 Å². The number of hydrogen-bond acceptors (Lipinski definition) is 6. The predicted octanol–water partition coefficient (Wildman–Crippen LogP) is 0.360. The van der Waals surface area contributed by atoms with Gasteiger partial charge in [-0.25, -0.2) is 17.5 Å². The molecule has 10 heteroatoms. The van der Waals surface area contributed by atoms with Gasteiger partial charge in [0.25, 0.3) is 5.91 Å². The van der Waals surface area contributed by atoms with Crippen LogP contribution in [0.5, 0.6) is 0 Å². The summed E-state index contributed by atoms with van der Waals surface area (Å²) in [7, 11) is -3.25. The largest absolute Gasteiger partial charge is 0.455 e. The monoisotopic (exact) mass is 389 g/mol. The number of hydrogen-bond donors (Lipinski definition) is 2. The number of nitrogens with zero attached hydrogens (tertiary/aromatic N) is 1. The molecule has 0 aromatic carbocycles. The average Bonchev–Trinajstić information content (AvgIpc) is 2.59. The number of sulfonamides is 1. The van der Waals surface area contributed by atoms with E-state index in [1.165, 1.54) is 4.31 Å². The smallest absolute Gasteiger partial charge is 0.321 e. The highest BCUT2D eigenvalue weighted by Gasteiger charge is 2.30. The fourth-order valence-corrected chi connectivity index (χ4v) is 4.18. The van der Waals surface area contributed by atoms with Crippen molar-refractivity contribution in [2.24, 2.45) is 5.92 Å². The molecule has 0 radical (unpaired) electrons. The molecule has 0 aromatic rings. The van der Waals surface area contributed by atoms with Crippen molar-refractivity contribution in [1.82, 2.24) is 14.9 Å². The molecule has 2 aliphatic rings. The number of piperidine rings is 1. The molecule has 1 aliphatic carbocycles. The molecule has 0 unspecified atom stereocenters.